The summed E-state index contributed by atoms with van der Waals surface area (Å²) in [4.78, 5) is 13.0. The van der Waals surface area contributed by atoms with Crippen LogP contribution in [0.2, 0.25) is 5.02 Å². The van der Waals surface area contributed by atoms with Crippen molar-refractivity contribution in [3.63, 3.8) is 0 Å². The molecule has 2 N–H and O–H groups in total. The van der Waals surface area contributed by atoms with Crippen molar-refractivity contribution in [3.05, 3.63) is 29.3 Å². The highest BCUT2D eigenvalue weighted by Gasteiger charge is 2.41. The Kier molecular flexibility index (Phi) is 5.35. The average molecular weight is 314 g/mol. The summed E-state index contributed by atoms with van der Waals surface area (Å²) in [5.74, 6) is 1.16. The molecule has 1 aliphatic carbocycles. The van der Waals surface area contributed by atoms with E-state index in [4.69, 9.17) is 11.6 Å². The zero-order valence-electron chi connectivity index (χ0n) is 11.6. The molecule has 20 heavy (non-hydrogen) atoms. The van der Waals surface area contributed by atoms with Crippen molar-refractivity contribution >= 4 is 29.3 Å². The van der Waals surface area contributed by atoms with Gasteiger partial charge in [-0.15, -0.1) is 11.8 Å². The maximum Gasteiger partial charge on any atom is 0.221 e. The first-order chi connectivity index (χ1) is 9.53. The lowest BCUT2D eigenvalue weighted by Gasteiger charge is -2.28. The Balaban J connectivity index is 1.73. The topological polar surface area (TPSA) is 49.3 Å². The summed E-state index contributed by atoms with van der Waals surface area (Å²) in [6.07, 6.45) is 2.64. The third-order valence-corrected chi connectivity index (χ3v) is 4.91. The van der Waals surface area contributed by atoms with E-state index in [-0.39, 0.29) is 12.5 Å². The second kappa shape index (κ2) is 6.83. The van der Waals surface area contributed by atoms with Gasteiger partial charge >= 0.3 is 0 Å². The van der Waals surface area contributed by atoms with Crippen molar-refractivity contribution in [2.24, 2.45) is 5.92 Å². The summed E-state index contributed by atoms with van der Waals surface area (Å²) >= 11 is 7.46. The largest absolute Gasteiger partial charge is 0.394 e. The van der Waals surface area contributed by atoms with Crippen LogP contribution in [0.4, 0.5) is 0 Å². The molecule has 1 saturated carbocycles. The monoisotopic (exact) mass is 313 g/mol. The summed E-state index contributed by atoms with van der Waals surface area (Å²) in [5, 5.41) is 13.1. The Morgan fingerprint density at radius 2 is 2.10 bits per heavy atom. The Labute approximate surface area is 129 Å². The molecule has 5 heteroatoms. The van der Waals surface area contributed by atoms with Crippen molar-refractivity contribution < 1.29 is 9.90 Å². The van der Waals surface area contributed by atoms with Crippen LogP contribution < -0.4 is 5.32 Å². The van der Waals surface area contributed by atoms with Gasteiger partial charge in [-0.3, -0.25) is 4.79 Å². The number of carbonyl (C=O) groups excluding carboxylic acids is 1. The molecule has 0 heterocycles. The molecular weight excluding hydrogens is 294 g/mol. The number of thioether (sulfide) groups is 1. The molecule has 1 unspecified atom stereocenters. The molecule has 3 nitrogen and oxygen atoms in total. The molecule has 0 bridgehead atoms. The SMILES string of the molecule is CC(CO)(NC(=O)CCSc1ccc(Cl)cc1)C1CC1. The fourth-order valence-electron chi connectivity index (χ4n) is 2.16. The quantitative estimate of drug-likeness (QED) is 0.761. The van der Waals surface area contributed by atoms with Gasteiger partial charge in [0.05, 0.1) is 12.1 Å². The molecule has 1 aromatic carbocycles. The number of halogens is 1. The molecule has 110 valence electrons. The van der Waals surface area contributed by atoms with E-state index in [1.165, 1.54) is 0 Å². The molecular formula is C15H20ClNO2S. The number of aliphatic hydroxyl groups excluding tert-OH is 1. The van der Waals surface area contributed by atoms with Crippen LogP contribution in [-0.2, 0) is 4.79 Å². The maximum absolute atomic E-state index is 11.9. The number of rotatable bonds is 7. The number of benzene rings is 1. The van der Waals surface area contributed by atoms with Gasteiger partial charge < -0.3 is 10.4 Å². The summed E-state index contributed by atoms with van der Waals surface area (Å²) in [6.45, 7) is 1.93. The molecule has 0 spiro atoms. The highest BCUT2D eigenvalue weighted by molar-refractivity contribution is 7.99. The Morgan fingerprint density at radius 1 is 1.45 bits per heavy atom. The first-order valence-electron chi connectivity index (χ1n) is 6.84. The van der Waals surface area contributed by atoms with Gasteiger partial charge in [0.25, 0.3) is 0 Å². The Hall–Kier alpha value is -0.710. The minimum absolute atomic E-state index is 0.00767. The van der Waals surface area contributed by atoms with Crippen LogP contribution in [0.1, 0.15) is 26.2 Å². The van der Waals surface area contributed by atoms with E-state index in [0.717, 1.165) is 28.5 Å². The lowest BCUT2D eigenvalue weighted by Crippen LogP contribution is -2.50. The van der Waals surface area contributed by atoms with Crippen LogP contribution in [0, 0.1) is 5.92 Å². The van der Waals surface area contributed by atoms with Gasteiger partial charge in [0, 0.05) is 22.1 Å². The lowest BCUT2D eigenvalue weighted by atomic mass is 9.97. The Morgan fingerprint density at radius 3 is 2.65 bits per heavy atom. The van der Waals surface area contributed by atoms with E-state index in [2.05, 4.69) is 5.32 Å². The first-order valence-corrected chi connectivity index (χ1v) is 8.20. The van der Waals surface area contributed by atoms with Crippen molar-refractivity contribution in [2.75, 3.05) is 12.4 Å². The predicted octanol–water partition coefficient (Wildman–Crippen LogP) is 3.10. The molecule has 0 aromatic heterocycles. The van der Waals surface area contributed by atoms with Crippen LogP contribution in [-0.4, -0.2) is 28.9 Å². The van der Waals surface area contributed by atoms with Crippen LogP contribution in [0.25, 0.3) is 0 Å². The summed E-state index contributed by atoms with van der Waals surface area (Å²) in [5.41, 5.74) is -0.442. The average Bonchev–Trinajstić information content (AvgIpc) is 3.25. The van der Waals surface area contributed by atoms with Crippen molar-refractivity contribution in [1.29, 1.82) is 0 Å². The van der Waals surface area contributed by atoms with Crippen molar-refractivity contribution in [3.8, 4) is 0 Å². The minimum atomic E-state index is -0.442. The van der Waals surface area contributed by atoms with Crippen molar-refractivity contribution in [1.82, 2.24) is 5.32 Å². The number of hydrogen-bond donors (Lipinski definition) is 2. The molecule has 0 saturated heterocycles. The van der Waals surface area contributed by atoms with E-state index in [0.29, 0.717) is 12.3 Å². The molecule has 1 fully saturated rings. The summed E-state index contributed by atoms with van der Waals surface area (Å²) < 4.78 is 0. The maximum atomic E-state index is 11.9. The number of nitrogens with one attached hydrogen (secondary N) is 1. The van der Waals surface area contributed by atoms with Gasteiger partial charge in [0.1, 0.15) is 0 Å². The number of hydrogen-bond acceptors (Lipinski definition) is 3. The third kappa shape index (κ3) is 4.40. The van der Waals surface area contributed by atoms with Gasteiger partial charge in [-0.05, 0) is 49.9 Å². The van der Waals surface area contributed by atoms with Gasteiger partial charge in [0.2, 0.25) is 5.91 Å². The van der Waals surface area contributed by atoms with E-state index in [1.807, 2.05) is 31.2 Å². The van der Waals surface area contributed by atoms with E-state index in [9.17, 15) is 9.90 Å². The minimum Gasteiger partial charge on any atom is -0.394 e. The second-order valence-electron chi connectivity index (χ2n) is 5.45. The zero-order chi connectivity index (χ0) is 14.6. The highest BCUT2D eigenvalue weighted by atomic mass is 35.5. The van der Waals surface area contributed by atoms with Gasteiger partial charge in [0.15, 0.2) is 0 Å². The lowest BCUT2D eigenvalue weighted by molar-refractivity contribution is -0.123. The smallest absolute Gasteiger partial charge is 0.221 e. The Bertz CT molecular complexity index is 461. The van der Waals surface area contributed by atoms with E-state index < -0.39 is 5.54 Å². The predicted molar refractivity (Wildman–Crippen MR) is 83.2 cm³/mol. The van der Waals surface area contributed by atoms with Gasteiger partial charge in [-0.1, -0.05) is 11.6 Å². The van der Waals surface area contributed by atoms with Gasteiger partial charge in [-0.25, -0.2) is 0 Å². The van der Waals surface area contributed by atoms with Crippen LogP contribution in [0.5, 0.6) is 0 Å². The van der Waals surface area contributed by atoms with E-state index in [1.54, 1.807) is 11.8 Å². The van der Waals surface area contributed by atoms with E-state index >= 15 is 0 Å². The fraction of sp³-hybridized carbons (Fsp3) is 0.533. The second-order valence-corrected chi connectivity index (χ2v) is 7.06. The zero-order valence-corrected chi connectivity index (χ0v) is 13.1. The summed E-state index contributed by atoms with van der Waals surface area (Å²) in [7, 11) is 0. The molecule has 1 aromatic rings. The first kappa shape index (κ1) is 15.7. The highest BCUT2D eigenvalue weighted by Crippen LogP contribution is 2.39. The van der Waals surface area contributed by atoms with Crippen LogP contribution in [0.3, 0.4) is 0 Å². The van der Waals surface area contributed by atoms with Crippen LogP contribution >= 0.6 is 23.4 Å². The number of amides is 1. The molecule has 2 rings (SSSR count). The van der Waals surface area contributed by atoms with Gasteiger partial charge in [-0.2, -0.15) is 0 Å². The normalized spacial score (nSPS) is 17.6. The van der Waals surface area contributed by atoms with Crippen molar-refractivity contribution in [2.45, 2.75) is 36.6 Å². The molecule has 1 atom stereocenters. The molecule has 1 aliphatic rings. The fourth-order valence-corrected chi connectivity index (χ4v) is 3.14. The van der Waals surface area contributed by atoms with Crippen LogP contribution in [0.15, 0.2) is 29.2 Å². The standard InChI is InChI=1S/C15H20ClNO2S/c1-15(10-18,11-2-3-11)17-14(19)8-9-20-13-6-4-12(16)5-7-13/h4-7,11,18H,2-3,8-10H2,1H3,(H,17,19). The third-order valence-electron chi connectivity index (χ3n) is 3.64. The molecule has 0 radical (unpaired) electrons. The number of aliphatic hydroxyl groups is 1. The molecule has 0 aliphatic heterocycles. The molecule has 1 amide bonds. The summed E-state index contributed by atoms with van der Waals surface area (Å²) in [6, 6.07) is 7.60. The number of carbonyl (C=O) groups is 1.